The van der Waals surface area contributed by atoms with Gasteiger partial charge in [-0.15, -0.1) is 0 Å². The molecule has 4 nitrogen and oxygen atoms in total. The molecule has 0 fully saturated rings. The van der Waals surface area contributed by atoms with Crippen LogP contribution in [0.15, 0.2) is 0 Å². The van der Waals surface area contributed by atoms with E-state index in [1.54, 1.807) is 3.24 Å². The van der Waals surface area contributed by atoms with E-state index in [9.17, 15) is 0 Å². The van der Waals surface area contributed by atoms with Crippen molar-refractivity contribution in [1.82, 2.24) is 19.6 Å². The summed E-state index contributed by atoms with van der Waals surface area (Å²) in [5.41, 5.74) is 0.595. The SMILES string of the molecule is CC(C)(C)C(=P)P=[C]([Sb])C(C)(C)C.CN(C)CCN(C)C.CN(C)CCN(C)C.[Li]. The van der Waals surface area contributed by atoms with E-state index in [0.717, 1.165) is 26.2 Å². The van der Waals surface area contributed by atoms with Crippen LogP contribution < -0.4 is 0 Å². The Hall–Kier alpha value is 1.60. The van der Waals surface area contributed by atoms with E-state index < -0.39 is 0 Å². The zero-order chi connectivity index (χ0) is 24.0. The van der Waals surface area contributed by atoms with Gasteiger partial charge in [0.1, 0.15) is 0 Å². The van der Waals surface area contributed by atoms with Crippen LogP contribution >= 0.6 is 17.1 Å². The number of nitrogens with zero attached hydrogens (tertiary/aromatic N) is 4. The predicted octanol–water partition coefficient (Wildman–Crippen LogP) is 3.43. The van der Waals surface area contributed by atoms with Crippen LogP contribution in [0.5, 0.6) is 0 Å². The maximum Gasteiger partial charge on any atom is 0.0103 e. The van der Waals surface area contributed by atoms with E-state index in [0.29, 0.717) is 5.41 Å². The summed E-state index contributed by atoms with van der Waals surface area (Å²) in [6.45, 7) is 18.1. The van der Waals surface area contributed by atoms with Gasteiger partial charge in [0, 0.05) is 45.0 Å². The number of rotatable bonds is 7. The molecular formula is C22H51LiN4P2Sb. The van der Waals surface area contributed by atoms with Crippen molar-refractivity contribution in [3.05, 3.63) is 0 Å². The molecule has 0 aliphatic carbocycles. The van der Waals surface area contributed by atoms with E-state index in [-0.39, 0.29) is 24.3 Å². The van der Waals surface area contributed by atoms with Crippen LogP contribution in [0.4, 0.5) is 0 Å². The van der Waals surface area contributed by atoms with Gasteiger partial charge < -0.3 is 19.6 Å². The van der Waals surface area contributed by atoms with Crippen molar-refractivity contribution >= 4 is 67.2 Å². The fraction of sp³-hybridized carbons (Fsp3) is 0.909. The van der Waals surface area contributed by atoms with Gasteiger partial charge >= 0.3 is 101 Å². The molecule has 0 heterocycles. The minimum absolute atomic E-state index is 0. The quantitative estimate of drug-likeness (QED) is 0.349. The minimum atomic E-state index is 0. The topological polar surface area (TPSA) is 13.0 Å². The third-order valence-corrected chi connectivity index (χ3v) is 9.22. The van der Waals surface area contributed by atoms with Crippen LogP contribution in [0.2, 0.25) is 0 Å². The van der Waals surface area contributed by atoms with E-state index >= 15 is 0 Å². The molecule has 8 heteroatoms. The third-order valence-electron chi connectivity index (χ3n) is 3.59. The molecule has 0 aromatic carbocycles. The second-order valence-corrected chi connectivity index (χ2v) is 14.9. The molecular weight excluding hydrogens is 511 g/mol. The Balaban J connectivity index is -0.000000174. The van der Waals surface area contributed by atoms with E-state index in [2.05, 4.69) is 126 Å². The van der Waals surface area contributed by atoms with Crippen molar-refractivity contribution in [2.45, 2.75) is 41.5 Å². The van der Waals surface area contributed by atoms with Gasteiger partial charge in [0.2, 0.25) is 0 Å². The normalized spacial score (nSPS) is 12.3. The van der Waals surface area contributed by atoms with Gasteiger partial charge in [-0.1, -0.05) is 0 Å². The second kappa shape index (κ2) is 20.0. The maximum atomic E-state index is 3.74. The molecule has 0 spiro atoms. The minimum Gasteiger partial charge on any atom is -0.308 e. The Morgan fingerprint density at radius 1 is 0.633 bits per heavy atom. The van der Waals surface area contributed by atoms with Crippen LogP contribution in [0.25, 0.3) is 0 Å². The Bertz CT molecular complexity index is 423. The van der Waals surface area contributed by atoms with Gasteiger partial charge in [0.15, 0.2) is 0 Å². The summed E-state index contributed by atoms with van der Waals surface area (Å²) in [6.07, 6.45) is 0. The number of hydrogen-bond donors (Lipinski definition) is 0. The summed E-state index contributed by atoms with van der Waals surface area (Å²) in [6, 6.07) is 0. The molecule has 0 aliphatic rings. The van der Waals surface area contributed by atoms with Crippen molar-refractivity contribution in [2.24, 2.45) is 10.8 Å². The smallest absolute Gasteiger partial charge is 0.0103 e. The molecule has 0 saturated carbocycles. The molecule has 3 radical (unpaired) electrons. The monoisotopic (exact) mass is 561 g/mol. The van der Waals surface area contributed by atoms with Crippen LogP contribution in [0.1, 0.15) is 41.5 Å². The van der Waals surface area contributed by atoms with Gasteiger partial charge in [-0.2, -0.15) is 0 Å². The summed E-state index contributed by atoms with van der Waals surface area (Å²) >= 11 is 1.85. The summed E-state index contributed by atoms with van der Waals surface area (Å²) in [7, 11) is 21.8. The van der Waals surface area contributed by atoms with Crippen LogP contribution in [-0.2, 0) is 0 Å². The zero-order valence-electron chi connectivity index (χ0n) is 23.0. The van der Waals surface area contributed by atoms with Crippen molar-refractivity contribution in [1.29, 1.82) is 0 Å². The Labute approximate surface area is 220 Å². The summed E-state index contributed by atoms with van der Waals surface area (Å²) in [5, 5.41) is 1.37. The molecule has 0 amide bonds. The summed E-state index contributed by atoms with van der Waals surface area (Å²) in [5.74, 6) is 0. The van der Waals surface area contributed by atoms with Gasteiger partial charge in [-0.05, 0) is 56.4 Å². The van der Waals surface area contributed by atoms with E-state index in [4.69, 9.17) is 0 Å². The first-order valence-corrected chi connectivity index (χ1v) is 12.9. The van der Waals surface area contributed by atoms with Gasteiger partial charge in [-0.3, -0.25) is 0 Å². The van der Waals surface area contributed by atoms with E-state index in [1.165, 1.54) is 13.2 Å². The zero-order valence-corrected chi connectivity index (χ0v) is 27.5. The molecule has 0 N–H and O–H groups in total. The van der Waals surface area contributed by atoms with Crippen LogP contribution in [0.3, 0.4) is 0 Å². The van der Waals surface area contributed by atoms with Crippen molar-refractivity contribution in [3.8, 4) is 0 Å². The first kappa shape index (κ1) is 38.8. The largest absolute Gasteiger partial charge is 0.308 e. The Kier molecular flexibility index (Phi) is 25.9. The molecule has 0 bridgehead atoms. The molecule has 0 atom stereocenters. The molecule has 0 rings (SSSR count). The van der Waals surface area contributed by atoms with Gasteiger partial charge in [0.25, 0.3) is 0 Å². The Morgan fingerprint density at radius 2 is 0.867 bits per heavy atom. The van der Waals surface area contributed by atoms with Crippen molar-refractivity contribution in [3.63, 3.8) is 0 Å². The fourth-order valence-corrected chi connectivity index (χ4v) is 4.15. The third kappa shape index (κ3) is 31.8. The van der Waals surface area contributed by atoms with Crippen molar-refractivity contribution < 1.29 is 0 Å². The van der Waals surface area contributed by atoms with Crippen LogP contribution in [-0.4, -0.2) is 152 Å². The molecule has 0 aliphatic heterocycles. The van der Waals surface area contributed by atoms with E-state index in [1.807, 2.05) is 23.0 Å². The van der Waals surface area contributed by atoms with Crippen LogP contribution in [0, 0.1) is 10.8 Å². The predicted molar refractivity (Wildman–Crippen MR) is 150 cm³/mol. The van der Waals surface area contributed by atoms with Gasteiger partial charge in [0.05, 0.1) is 0 Å². The molecule has 30 heavy (non-hydrogen) atoms. The summed E-state index contributed by atoms with van der Waals surface area (Å²) < 4.78 is 1.56. The standard InChI is InChI=1S/C10H19P2.2C6H16N2.Li.Sb/c1-9(2,3)7-12-8(11)10(4,5)6;2*1-7(2)5-6-8(3)4;;/h11H,1-6H3;2*5-6H2,1-4H3;;. The number of hydrogen-bond acceptors (Lipinski definition) is 4. The maximum absolute atomic E-state index is 3.74. The van der Waals surface area contributed by atoms with Gasteiger partial charge in [-0.25, -0.2) is 0 Å². The first-order valence-electron chi connectivity index (χ1n) is 10.3. The number of likely N-dealkylation sites (N-methyl/N-ethyl adjacent to an activating group) is 4. The molecule has 175 valence electrons. The molecule has 0 aromatic heterocycles. The molecule has 0 unspecified atom stereocenters. The average Bonchev–Trinajstić information content (AvgIpc) is 2.50. The summed E-state index contributed by atoms with van der Waals surface area (Å²) in [4.78, 5) is 8.72. The first-order chi connectivity index (χ1) is 12.8. The Morgan fingerprint density at radius 3 is 1.00 bits per heavy atom. The second-order valence-electron chi connectivity index (χ2n) is 10.5. The average molecular weight is 562 g/mol. The molecule has 0 aromatic rings. The molecule has 0 saturated heterocycles. The van der Waals surface area contributed by atoms with Crippen molar-refractivity contribution in [2.75, 3.05) is 82.6 Å². The fourth-order valence-electron chi connectivity index (χ4n) is 1.24.